The van der Waals surface area contributed by atoms with Gasteiger partial charge in [-0.1, -0.05) is 6.92 Å². The summed E-state index contributed by atoms with van der Waals surface area (Å²) in [5.41, 5.74) is 6.84. The Labute approximate surface area is 85.3 Å². The highest BCUT2D eigenvalue weighted by Crippen LogP contribution is 2.32. The Morgan fingerprint density at radius 1 is 1.43 bits per heavy atom. The van der Waals surface area contributed by atoms with Crippen LogP contribution in [0.5, 0.6) is 0 Å². The first-order valence-corrected chi connectivity index (χ1v) is 5.52. The fourth-order valence-electron chi connectivity index (χ4n) is 2.34. The maximum atomic E-state index is 5.67. The zero-order valence-electron chi connectivity index (χ0n) is 8.82. The molecular formula is C11H19N3. The van der Waals surface area contributed by atoms with Crippen LogP contribution in [-0.2, 0) is 6.54 Å². The number of rotatable bonds is 2. The molecule has 3 nitrogen and oxygen atoms in total. The maximum Gasteiger partial charge on any atom is 0.0951 e. The van der Waals surface area contributed by atoms with E-state index in [4.69, 9.17) is 5.73 Å². The van der Waals surface area contributed by atoms with Gasteiger partial charge in [0.15, 0.2) is 0 Å². The molecule has 0 bridgehead atoms. The van der Waals surface area contributed by atoms with Gasteiger partial charge in [-0.15, -0.1) is 0 Å². The highest BCUT2D eigenvalue weighted by Gasteiger charge is 2.20. The summed E-state index contributed by atoms with van der Waals surface area (Å²) in [5.74, 6) is 0.899. The molecular weight excluding hydrogens is 174 g/mol. The molecule has 3 heteroatoms. The SMILES string of the molecule is CC1CCC(n2cncc2CN)CC1. The van der Waals surface area contributed by atoms with Gasteiger partial charge < -0.3 is 10.3 Å². The van der Waals surface area contributed by atoms with E-state index in [-0.39, 0.29) is 0 Å². The molecule has 1 saturated carbocycles. The van der Waals surface area contributed by atoms with E-state index in [0.717, 1.165) is 5.92 Å². The Hall–Kier alpha value is -0.830. The fourth-order valence-corrected chi connectivity index (χ4v) is 2.34. The summed E-state index contributed by atoms with van der Waals surface area (Å²) in [5, 5.41) is 0. The van der Waals surface area contributed by atoms with Gasteiger partial charge in [-0.2, -0.15) is 0 Å². The van der Waals surface area contributed by atoms with E-state index in [1.54, 1.807) is 0 Å². The molecule has 0 unspecified atom stereocenters. The van der Waals surface area contributed by atoms with Crippen LogP contribution in [0.4, 0.5) is 0 Å². The van der Waals surface area contributed by atoms with Crippen LogP contribution in [0.15, 0.2) is 12.5 Å². The molecule has 0 radical (unpaired) electrons. The average Bonchev–Trinajstić information content (AvgIpc) is 2.67. The second kappa shape index (κ2) is 4.13. The minimum Gasteiger partial charge on any atom is -0.330 e. The van der Waals surface area contributed by atoms with Gasteiger partial charge in [0.1, 0.15) is 0 Å². The molecule has 0 amide bonds. The van der Waals surface area contributed by atoms with Gasteiger partial charge in [-0.05, 0) is 31.6 Å². The molecule has 78 valence electrons. The van der Waals surface area contributed by atoms with Gasteiger partial charge in [-0.25, -0.2) is 4.98 Å². The van der Waals surface area contributed by atoms with Crippen LogP contribution >= 0.6 is 0 Å². The van der Waals surface area contributed by atoms with Gasteiger partial charge in [0.25, 0.3) is 0 Å². The van der Waals surface area contributed by atoms with Gasteiger partial charge in [-0.3, -0.25) is 0 Å². The zero-order valence-corrected chi connectivity index (χ0v) is 8.82. The Kier molecular flexibility index (Phi) is 2.87. The Morgan fingerprint density at radius 2 is 2.14 bits per heavy atom. The van der Waals surface area contributed by atoms with Gasteiger partial charge in [0.2, 0.25) is 0 Å². The molecule has 0 saturated heterocycles. The zero-order chi connectivity index (χ0) is 9.97. The molecule has 14 heavy (non-hydrogen) atoms. The summed E-state index contributed by atoms with van der Waals surface area (Å²) >= 11 is 0. The smallest absolute Gasteiger partial charge is 0.0951 e. The number of imidazole rings is 1. The van der Waals surface area contributed by atoms with E-state index in [2.05, 4.69) is 16.5 Å². The van der Waals surface area contributed by atoms with Crippen molar-refractivity contribution in [3.8, 4) is 0 Å². The van der Waals surface area contributed by atoms with Gasteiger partial charge >= 0.3 is 0 Å². The topological polar surface area (TPSA) is 43.8 Å². The Morgan fingerprint density at radius 3 is 2.79 bits per heavy atom. The quantitative estimate of drug-likeness (QED) is 0.781. The standard InChI is InChI=1S/C11H19N3/c1-9-2-4-10(5-3-9)14-8-13-7-11(14)6-12/h7-10H,2-6,12H2,1H3. The van der Waals surface area contributed by atoms with Crippen molar-refractivity contribution >= 4 is 0 Å². The summed E-state index contributed by atoms with van der Waals surface area (Å²) in [6.45, 7) is 2.94. The molecule has 0 atom stereocenters. The molecule has 1 aliphatic rings. The van der Waals surface area contributed by atoms with Crippen LogP contribution in [0, 0.1) is 5.92 Å². The van der Waals surface area contributed by atoms with E-state index in [9.17, 15) is 0 Å². The van der Waals surface area contributed by atoms with Crippen LogP contribution in [-0.4, -0.2) is 9.55 Å². The van der Waals surface area contributed by atoms with Crippen molar-refractivity contribution in [2.75, 3.05) is 0 Å². The lowest BCUT2D eigenvalue weighted by Crippen LogP contribution is -2.18. The summed E-state index contributed by atoms with van der Waals surface area (Å²) in [4.78, 5) is 4.17. The summed E-state index contributed by atoms with van der Waals surface area (Å²) in [7, 11) is 0. The minimum absolute atomic E-state index is 0.603. The van der Waals surface area contributed by atoms with E-state index < -0.39 is 0 Å². The lowest BCUT2D eigenvalue weighted by atomic mass is 9.87. The summed E-state index contributed by atoms with van der Waals surface area (Å²) in [6, 6.07) is 0.646. The minimum atomic E-state index is 0.603. The van der Waals surface area contributed by atoms with Crippen molar-refractivity contribution in [1.82, 2.24) is 9.55 Å². The number of aromatic nitrogens is 2. The molecule has 1 fully saturated rings. The number of hydrogen-bond acceptors (Lipinski definition) is 2. The molecule has 1 aromatic heterocycles. The van der Waals surface area contributed by atoms with Gasteiger partial charge in [0.05, 0.1) is 12.0 Å². The predicted molar refractivity (Wildman–Crippen MR) is 56.8 cm³/mol. The molecule has 1 aliphatic carbocycles. The number of nitrogens with zero attached hydrogens (tertiary/aromatic N) is 2. The second-order valence-corrected chi connectivity index (χ2v) is 4.41. The first-order valence-electron chi connectivity index (χ1n) is 5.52. The lowest BCUT2D eigenvalue weighted by Gasteiger charge is -2.28. The van der Waals surface area contributed by atoms with Gasteiger partial charge in [0, 0.05) is 18.8 Å². The van der Waals surface area contributed by atoms with Crippen molar-refractivity contribution < 1.29 is 0 Å². The molecule has 0 aromatic carbocycles. The Bertz CT molecular complexity index is 284. The monoisotopic (exact) mass is 193 g/mol. The number of hydrogen-bond donors (Lipinski definition) is 1. The van der Waals surface area contributed by atoms with E-state index >= 15 is 0 Å². The number of nitrogens with two attached hydrogens (primary N) is 1. The summed E-state index contributed by atoms with van der Waals surface area (Å²) < 4.78 is 2.27. The average molecular weight is 193 g/mol. The molecule has 1 heterocycles. The van der Waals surface area contributed by atoms with Crippen LogP contribution in [0.2, 0.25) is 0 Å². The van der Waals surface area contributed by atoms with Crippen molar-refractivity contribution in [2.45, 2.75) is 45.2 Å². The third kappa shape index (κ3) is 1.82. The largest absolute Gasteiger partial charge is 0.330 e. The highest BCUT2D eigenvalue weighted by molar-refractivity contribution is 5.00. The maximum absolute atomic E-state index is 5.67. The van der Waals surface area contributed by atoms with E-state index in [1.807, 2.05) is 12.5 Å². The van der Waals surface area contributed by atoms with E-state index in [1.165, 1.54) is 31.4 Å². The molecule has 0 aliphatic heterocycles. The second-order valence-electron chi connectivity index (χ2n) is 4.41. The first-order chi connectivity index (χ1) is 6.81. The van der Waals surface area contributed by atoms with Crippen LogP contribution in [0.25, 0.3) is 0 Å². The van der Waals surface area contributed by atoms with Crippen LogP contribution in [0.1, 0.15) is 44.3 Å². The van der Waals surface area contributed by atoms with Crippen molar-refractivity contribution in [1.29, 1.82) is 0 Å². The normalized spacial score (nSPS) is 27.9. The van der Waals surface area contributed by atoms with Crippen molar-refractivity contribution in [2.24, 2.45) is 11.7 Å². The Balaban J connectivity index is 2.08. The van der Waals surface area contributed by atoms with Crippen LogP contribution < -0.4 is 5.73 Å². The third-order valence-electron chi connectivity index (χ3n) is 3.33. The van der Waals surface area contributed by atoms with Crippen molar-refractivity contribution in [3.05, 3.63) is 18.2 Å². The van der Waals surface area contributed by atoms with Crippen molar-refractivity contribution in [3.63, 3.8) is 0 Å². The molecule has 2 N–H and O–H groups in total. The third-order valence-corrected chi connectivity index (χ3v) is 3.33. The summed E-state index contributed by atoms with van der Waals surface area (Å²) in [6.07, 6.45) is 9.07. The first kappa shape index (κ1) is 9.71. The molecule has 1 aromatic rings. The van der Waals surface area contributed by atoms with E-state index in [0.29, 0.717) is 12.6 Å². The molecule has 0 spiro atoms. The molecule has 2 rings (SSSR count). The highest BCUT2D eigenvalue weighted by atomic mass is 15.1. The predicted octanol–water partition coefficient (Wildman–Crippen LogP) is 2.09. The lowest BCUT2D eigenvalue weighted by molar-refractivity contribution is 0.285. The van der Waals surface area contributed by atoms with Crippen LogP contribution in [0.3, 0.4) is 0 Å². The fraction of sp³-hybridized carbons (Fsp3) is 0.727.